The molecule has 1 atom stereocenters. The summed E-state index contributed by atoms with van der Waals surface area (Å²) in [5, 5.41) is 3.52. The third kappa shape index (κ3) is 2.93. The number of likely N-dealkylation sites (tertiary alicyclic amines) is 1. The summed E-state index contributed by atoms with van der Waals surface area (Å²) < 4.78 is 5.58. The second-order valence-corrected chi connectivity index (χ2v) is 5.97. The minimum atomic E-state index is 0.567. The van der Waals surface area contributed by atoms with Gasteiger partial charge in [0.2, 0.25) is 0 Å². The number of nitrogens with one attached hydrogen (secondary N) is 1. The third-order valence-corrected chi connectivity index (χ3v) is 4.47. The van der Waals surface area contributed by atoms with E-state index in [9.17, 15) is 0 Å². The van der Waals surface area contributed by atoms with Gasteiger partial charge in [-0.3, -0.25) is 4.90 Å². The van der Waals surface area contributed by atoms with Crippen LogP contribution in [0.25, 0.3) is 0 Å². The SMILES string of the molecule is CCOc1cccc(CN2CCC3(CCNC3)C2)c1. The zero-order valence-electron chi connectivity index (χ0n) is 11.8. The summed E-state index contributed by atoms with van der Waals surface area (Å²) in [4.78, 5) is 2.60. The van der Waals surface area contributed by atoms with E-state index in [1.165, 1.54) is 44.6 Å². The Hall–Kier alpha value is -1.06. The van der Waals surface area contributed by atoms with E-state index < -0.39 is 0 Å². The summed E-state index contributed by atoms with van der Waals surface area (Å²) in [5.74, 6) is 0.997. The Morgan fingerprint density at radius 2 is 2.32 bits per heavy atom. The maximum atomic E-state index is 5.58. The van der Waals surface area contributed by atoms with E-state index in [2.05, 4.69) is 28.4 Å². The molecule has 1 N–H and O–H groups in total. The van der Waals surface area contributed by atoms with Gasteiger partial charge in [0.1, 0.15) is 5.75 Å². The van der Waals surface area contributed by atoms with Crippen molar-refractivity contribution in [3.63, 3.8) is 0 Å². The fourth-order valence-corrected chi connectivity index (χ4v) is 3.47. The van der Waals surface area contributed by atoms with Crippen molar-refractivity contribution < 1.29 is 4.74 Å². The molecule has 2 fully saturated rings. The summed E-state index contributed by atoms with van der Waals surface area (Å²) in [6.07, 6.45) is 2.70. The van der Waals surface area contributed by atoms with Crippen LogP contribution in [0.15, 0.2) is 24.3 Å². The third-order valence-electron chi connectivity index (χ3n) is 4.47. The summed E-state index contributed by atoms with van der Waals surface area (Å²) in [6, 6.07) is 8.53. The fraction of sp³-hybridized carbons (Fsp3) is 0.625. The van der Waals surface area contributed by atoms with Gasteiger partial charge in [0.15, 0.2) is 0 Å². The number of hydrogen-bond donors (Lipinski definition) is 1. The molecule has 2 saturated heterocycles. The van der Waals surface area contributed by atoms with Crippen molar-refractivity contribution in [3.05, 3.63) is 29.8 Å². The van der Waals surface area contributed by atoms with E-state index in [1.54, 1.807) is 0 Å². The average molecular weight is 260 g/mol. The van der Waals surface area contributed by atoms with Crippen LogP contribution in [-0.2, 0) is 6.54 Å². The first-order valence-corrected chi connectivity index (χ1v) is 7.44. The van der Waals surface area contributed by atoms with E-state index in [-0.39, 0.29) is 0 Å². The van der Waals surface area contributed by atoms with E-state index in [4.69, 9.17) is 4.74 Å². The van der Waals surface area contributed by atoms with Crippen molar-refractivity contribution in [2.75, 3.05) is 32.8 Å². The molecule has 2 aliphatic rings. The van der Waals surface area contributed by atoms with E-state index in [0.717, 1.165) is 18.9 Å². The minimum absolute atomic E-state index is 0.567. The van der Waals surface area contributed by atoms with Crippen LogP contribution in [0.4, 0.5) is 0 Å². The van der Waals surface area contributed by atoms with Crippen molar-refractivity contribution in [1.29, 1.82) is 0 Å². The summed E-state index contributed by atoms with van der Waals surface area (Å²) >= 11 is 0. The fourth-order valence-electron chi connectivity index (χ4n) is 3.47. The van der Waals surface area contributed by atoms with Gasteiger partial charge >= 0.3 is 0 Å². The van der Waals surface area contributed by atoms with Crippen LogP contribution in [-0.4, -0.2) is 37.7 Å². The highest BCUT2D eigenvalue weighted by Gasteiger charge is 2.39. The lowest BCUT2D eigenvalue weighted by atomic mass is 9.86. The first kappa shape index (κ1) is 12.9. The molecule has 3 heteroatoms. The number of hydrogen-bond acceptors (Lipinski definition) is 3. The predicted molar refractivity (Wildman–Crippen MR) is 77.4 cm³/mol. The summed E-state index contributed by atoms with van der Waals surface area (Å²) in [5.41, 5.74) is 1.94. The Balaban J connectivity index is 1.61. The van der Waals surface area contributed by atoms with Gasteiger partial charge < -0.3 is 10.1 Å². The highest BCUT2D eigenvalue weighted by molar-refractivity contribution is 5.28. The largest absolute Gasteiger partial charge is 0.494 e. The smallest absolute Gasteiger partial charge is 0.119 e. The molecule has 3 nitrogen and oxygen atoms in total. The second kappa shape index (κ2) is 5.51. The number of benzene rings is 1. The molecule has 104 valence electrons. The van der Waals surface area contributed by atoms with Crippen LogP contribution in [0, 0.1) is 5.41 Å². The maximum absolute atomic E-state index is 5.58. The second-order valence-electron chi connectivity index (χ2n) is 5.97. The minimum Gasteiger partial charge on any atom is -0.494 e. The lowest BCUT2D eigenvalue weighted by molar-refractivity contribution is 0.268. The summed E-state index contributed by atoms with van der Waals surface area (Å²) in [6.45, 7) is 8.73. The van der Waals surface area contributed by atoms with E-state index in [0.29, 0.717) is 5.41 Å². The molecule has 0 aliphatic carbocycles. The van der Waals surface area contributed by atoms with Crippen LogP contribution in [0.2, 0.25) is 0 Å². The zero-order chi connectivity index (χ0) is 13.1. The van der Waals surface area contributed by atoms with Gasteiger partial charge in [-0.2, -0.15) is 0 Å². The van der Waals surface area contributed by atoms with Crippen molar-refractivity contribution in [2.45, 2.75) is 26.3 Å². The molecule has 3 rings (SSSR count). The van der Waals surface area contributed by atoms with Gasteiger partial charge in [0.05, 0.1) is 6.61 Å². The molecule has 0 radical (unpaired) electrons. The topological polar surface area (TPSA) is 24.5 Å². The number of nitrogens with zero attached hydrogens (tertiary/aromatic N) is 1. The molecule has 19 heavy (non-hydrogen) atoms. The molecule has 1 unspecified atom stereocenters. The van der Waals surface area contributed by atoms with Crippen LogP contribution in [0.3, 0.4) is 0 Å². The van der Waals surface area contributed by atoms with Gasteiger partial charge in [-0.05, 0) is 56.0 Å². The van der Waals surface area contributed by atoms with Crippen molar-refractivity contribution in [3.8, 4) is 5.75 Å². The molecule has 0 bridgehead atoms. The van der Waals surface area contributed by atoms with Gasteiger partial charge in [0.25, 0.3) is 0 Å². The highest BCUT2D eigenvalue weighted by atomic mass is 16.5. The Bertz CT molecular complexity index is 427. The van der Waals surface area contributed by atoms with E-state index in [1.807, 2.05) is 13.0 Å². The Morgan fingerprint density at radius 1 is 1.37 bits per heavy atom. The standard InChI is InChI=1S/C16H24N2O/c1-2-19-15-5-3-4-14(10-15)11-18-9-7-16(13-18)6-8-17-12-16/h3-5,10,17H,2,6-9,11-13H2,1H3. The van der Waals surface area contributed by atoms with Crippen LogP contribution in [0.5, 0.6) is 5.75 Å². The van der Waals surface area contributed by atoms with Gasteiger partial charge in [0, 0.05) is 19.6 Å². The Labute approximate surface area is 115 Å². The molecule has 0 aromatic heterocycles. The van der Waals surface area contributed by atoms with Gasteiger partial charge in [-0.25, -0.2) is 0 Å². The van der Waals surface area contributed by atoms with Gasteiger partial charge in [-0.1, -0.05) is 12.1 Å². The van der Waals surface area contributed by atoms with Crippen LogP contribution >= 0.6 is 0 Å². The number of ether oxygens (including phenoxy) is 1. The Kier molecular flexibility index (Phi) is 3.76. The lowest BCUT2D eigenvalue weighted by Crippen LogP contribution is -2.28. The molecule has 1 aromatic rings. The van der Waals surface area contributed by atoms with Crippen molar-refractivity contribution in [2.24, 2.45) is 5.41 Å². The van der Waals surface area contributed by atoms with Crippen LogP contribution < -0.4 is 10.1 Å². The molecule has 2 heterocycles. The predicted octanol–water partition coefficient (Wildman–Crippen LogP) is 2.27. The Morgan fingerprint density at radius 3 is 3.11 bits per heavy atom. The molecule has 1 spiro atoms. The summed E-state index contributed by atoms with van der Waals surface area (Å²) in [7, 11) is 0. The lowest BCUT2D eigenvalue weighted by Gasteiger charge is -2.23. The molecule has 2 aliphatic heterocycles. The van der Waals surface area contributed by atoms with Crippen molar-refractivity contribution in [1.82, 2.24) is 10.2 Å². The molecule has 1 aromatic carbocycles. The molecule has 0 amide bonds. The van der Waals surface area contributed by atoms with E-state index >= 15 is 0 Å². The van der Waals surface area contributed by atoms with Crippen LogP contribution in [0.1, 0.15) is 25.3 Å². The monoisotopic (exact) mass is 260 g/mol. The number of rotatable bonds is 4. The zero-order valence-corrected chi connectivity index (χ0v) is 11.8. The first-order valence-electron chi connectivity index (χ1n) is 7.44. The molecular weight excluding hydrogens is 236 g/mol. The average Bonchev–Trinajstić information content (AvgIpc) is 3.02. The molecular formula is C16H24N2O. The van der Waals surface area contributed by atoms with Gasteiger partial charge in [-0.15, -0.1) is 0 Å². The highest BCUT2D eigenvalue weighted by Crippen LogP contribution is 2.36. The van der Waals surface area contributed by atoms with Crippen molar-refractivity contribution >= 4 is 0 Å². The first-order chi connectivity index (χ1) is 9.30. The quantitative estimate of drug-likeness (QED) is 0.899. The maximum Gasteiger partial charge on any atom is 0.119 e. The molecule has 0 saturated carbocycles. The normalized spacial score (nSPS) is 27.2.